The van der Waals surface area contributed by atoms with Gasteiger partial charge in [-0.2, -0.15) is 5.10 Å². The van der Waals surface area contributed by atoms with Gasteiger partial charge in [-0.15, -0.1) is 0 Å². The zero-order chi connectivity index (χ0) is 19.1. The third kappa shape index (κ3) is 2.96. The van der Waals surface area contributed by atoms with Gasteiger partial charge in [-0.05, 0) is 48.0 Å². The predicted molar refractivity (Wildman–Crippen MR) is 113 cm³/mol. The van der Waals surface area contributed by atoms with E-state index in [9.17, 15) is 0 Å². The van der Waals surface area contributed by atoms with E-state index >= 15 is 0 Å². The van der Waals surface area contributed by atoms with Crippen molar-refractivity contribution >= 4 is 21.6 Å². The quantitative estimate of drug-likeness (QED) is 0.529. The van der Waals surface area contributed by atoms with E-state index in [0.717, 1.165) is 39.2 Å². The molecular formula is C23H19BrN2O2. The summed E-state index contributed by atoms with van der Waals surface area (Å²) in [6, 6.07) is 24.8. The predicted octanol–water partition coefficient (Wildman–Crippen LogP) is 5.70. The van der Waals surface area contributed by atoms with Gasteiger partial charge in [-0.1, -0.05) is 46.3 Å². The van der Waals surface area contributed by atoms with Crippen LogP contribution >= 0.6 is 15.9 Å². The fourth-order valence-corrected chi connectivity index (χ4v) is 4.10. The molecule has 5 heteroatoms. The van der Waals surface area contributed by atoms with E-state index in [0.29, 0.717) is 0 Å². The van der Waals surface area contributed by atoms with Crippen LogP contribution in [0.2, 0.25) is 0 Å². The number of halogens is 1. The SMILES string of the molecule is COc1ccc(C2Oc3ccccc3C3CC(c4ccc(Br)cc4)=NN32)cc1. The molecular weight excluding hydrogens is 416 g/mol. The van der Waals surface area contributed by atoms with E-state index in [-0.39, 0.29) is 12.3 Å². The van der Waals surface area contributed by atoms with Crippen LogP contribution in [0.15, 0.2) is 82.4 Å². The molecule has 2 aliphatic rings. The summed E-state index contributed by atoms with van der Waals surface area (Å²) in [6.45, 7) is 0. The van der Waals surface area contributed by atoms with Gasteiger partial charge in [0.1, 0.15) is 11.5 Å². The van der Waals surface area contributed by atoms with Crippen LogP contribution in [0, 0.1) is 0 Å². The van der Waals surface area contributed by atoms with Crippen LogP contribution in [-0.4, -0.2) is 17.8 Å². The molecule has 4 nitrogen and oxygen atoms in total. The maximum atomic E-state index is 6.38. The lowest BCUT2D eigenvalue weighted by Crippen LogP contribution is -2.33. The van der Waals surface area contributed by atoms with E-state index < -0.39 is 0 Å². The van der Waals surface area contributed by atoms with Crippen molar-refractivity contribution in [3.63, 3.8) is 0 Å². The molecule has 0 radical (unpaired) electrons. The van der Waals surface area contributed by atoms with E-state index in [1.807, 2.05) is 36.4 Å². The lowest BCUT2D eigenvalue weighted by molar-refractivity contribution is -0.0190. The standard InChI is InChI=1S/C23H19BrN2O2/c1-27-18-12-8-16(9-13-18)23-26-21(19-4-2-3-5-22(19)28-23)14-20(25-26)15-6-10-17(24)11-7-15/h2-13,21,23H,14H2,1H3. The highest BCUT2D eigenvalue weighted by Gasteiger charge is 2.40. The van der Waals surface area contributed by atoms with Crippen LogP contribution in [0.1, 0.15) is 35.4 Å². The van der Waals surface area contributed by atoms with Gasteiger partial charge < -0.3 is 9.47 Å². The molecule has 2 aliphatic heterocycles. The molecule has 28 heavy (non-hydrogen) atoms. The van der Waals surface area contributed by atoms with Gasteiger partial charge >= 0.3 is 0 Å². The Morgan fingerprint density at radius 1 is 1.00 bits per heavy atom. The van der Waals surface area contributed by atoms with Crippen molar-refractivity contribution < 1.29 is 9.47 Å². The summed E-state index contributed by atoms with van der Waals surface area (Å²) >= 11 is 3.51. The summed E-state index contributed by atoms with van der Waals surface area (Å²) in [5.74, 6) is 1.76. The largest absolute Gasteiger partial charge is 0.497 e. The number of benzene rings is 3. The number of hydrogen-bond acceptors (Lipinski definition) is 4. The van der Waals surface area contributed by atoms with Crippen molar-refractivity contribution in [2.24, 2.45) is 5.10 Å². The van der Waals surface area contributed by atoms with Gasteiger partial charge in [0.15, 0.2) is 0 Å². The maximum Gasteiger partial charge on any atom is 0.213 e. The van der Waals surface area contributed by atoms with Gasteiger partial charge in [0.05, 0.1) is 18.9 Å². The lowest BCUT2D eigenvalue weighted by atomic mass is 9.96. The summed E-state index contributed by atoms with van der Waals surface area (Å²) in [5.41, 5.74) is 4.46. The minimum absolute atomic E-state index is 0.163. The highest BCUT2D eigenvalue weighted by atomic mass is 79.9. The van der Waals surface area contributed by atoms with Gasteiger partial charge in [0.25, 0.3) is 0 Å². The normalized spacial score (nSPS) is 20.1. The Balaban J connectivity index is 1.56. The van der Waals surface area contributed by atoms with E-state index in [4.69, 9.17) is 14.6 Å². The Labute approximate surface area is 172 Å². The summed E-state index contributed by atoms with van der Waals surface area (Å²) in [6.07, 6.45) is 0.591. The third-order valence-corrected chi connectivity index (χ3v) is 5.81. The molecule has 3 aromatic carbocycles. The maximum absolute atomic E-state index is 6.38. The smallest absolute Gasteiger partial charge is 0.213 e. The number of hydrazone groups is 1. The molecule has 0 N–H and O–H groups in total. The highest BCUT2D eigenvalue weighted by Crippen LogP contribution is 2.47. The molecule has 0 amide bonds. The van der Waals surface area contributed by atoms with Crippen LogP contribution in [0.3, 0.4) is 0 Å². The topological polar surface area (TPSA) is 34.1 Å². The molecule has 0 fully saturated rings. The van der Waals surface area contributed by atoms with Gasteiger partial charge in [-0.25, -0.2) is 5.01 Å². The monoisotopic (exact) mass is 434 g/mol. The molecule has 5 rings (SSSR count). The average molecular weight is 435 g/mol. The first-order valence-electron chi connectivity index (χ1n) is 9.24. The second-order valence-electron chi connectivity index (χ2n) is 6.93. The van der Waals surface area contributed by atoms with Gasteiger partial charge in [0, 0.05) is 22.0 Å². The van der Waals surface area contributed by atoms with Crippen LogP contribution < -0.4 is 9.47 Å². The number of nitrogens with zero attached hydrogens (tertiary/aromatic N) is 2. The minimum Gasteiger partial charge on any atom is -0.497 e. The van der Waals surface area contributed by atoms with Crippen LogP contribution in [0.25, 0.3) is 0 Å². The summed E-state index contributed by atoms with van der Waals surface area (Å²) in [7, 11) is 1.67. The number of ether oxygens (including phenoxy) is 2. The number of hydrogen-bond donors (Lipinski definition) is 0. The Morgan fingerprint density at radius 3 is 2.50 bits per heavy atom. The van der Waals surface area contributed by atoms with Crippen molar-refractivity contribution in [1.82, 2.24) is 5.01 Å². The first kappa shape index (κ1) is 17.3. The van der Waals surface area contributed by atoms with Crippen LogP contribution in [0.5, 0.6) is 11.5 Å². The van der Waals surface area contributed by atoms with Crippen molar-refractivity contribution in [3.05, 3.63) is 94.0 Å². The number of para-hydroxylation sites is 1. The molecule has 3 aromatic rings. The van der Waals surface area contributed by atoms with E-state index in [1.165, 1.54) is 5.56 Å². The molecule has 0 bridgehead atoms. The zero-order valence-electron chi connectivity index (χ0n) is 15.4. The van der Waals surface area contributed by atoms with Gasteiger partial charge in [-0.3, -0.25) is 0 Å². The zero-order valence-corrected chi connectivity index (χ0v) is 17.0. The molecule has 0 aliphatic carbocycles. The minimum atomic E-state index is -0.265. The molecule has 2 unspecified atom stereocenters. The van der Waals surface area contributed by atoms with Gasteiger partial charge in [0.2, 0.25) is 6.23 Å². The Hall–Kier alpha value is -2.79. The van der Waals surface area contributed by atoms with E-state index in [2.05, 4.69) is 57.3 Å². The Bertz CT molecular complexity index is 1030. The Kier molecular flexibility index (Phi) is 4.32. The van der Waals surface area contributed by atoms with Crippen molar-refractivity contribution in [2.45, 2.75) is 18.7 Å². The van der Waals surface area contributed by atoms with Crippen molar-refractivity contribution in [2.75, 3.05) is 7.11 Å². The Morgan fingerprint density at radius 2 is 1.75 bits per heavy atom. The lowest BCUT2D eigenvalue weighted by Gasteiger charge is -2.38. The molecule has 0 aromatic heterocycles. The molecule has 0 saturated heterocycles. The number of methoxy groups -OCH3 is 1. The van der Waals surface area contributed by atoms with Crippen LogP contribution in [-0.2, 0) is 0 Å². The van der Waals surface area contributed by atoms with Crippen molar-refractivity contribution in [3.8, 4) is 11.5 Å². The molecule has 2 heterocycles. The van der Waals surface area contributed by atoms with E-state index in [1.54, 1.807) is 7.11 Å². The molecule has 0 saturated carbocycles. The number of rotatable bonds is 3. The fraction of sp³-hybridized carbons (Fsp3) is 0.174. The summed E-state index contributed by atoms with van der Waals surface area (Å²) < 4.78 is 12.7. The second kappa shape index (κ2) is 6.99. The summed E-state index contributed by atoms with van der Waals surface area (Å²) in [4.78, 5) is 0. The summed E-state index contributed by atoms with van der Waals surface area (Å²) in [5, 5.41) is 7.09. The third-order valence-electron chi connectivity index (χ3n) is 5.28. The first-order chi connectivity index (χ1) is 13.7. The molecule has 0 spiro atoms. The molecule has 2 atom stereocenters. The number of fused-ring (bicyclic) bond motifs is 3. The first-order valence-corrected chi connectivity index (χ1v) is 10.0. The molecule has 140 valence electrons. The van der Waals surface area contributed by atoms with Crippen molar-refractivity contribution in [1.29, 1.82) is 0 Å². The second-order valence-corrected chi connectivity index (χ2v) is 7.85. The fourth-order valence-electron chi connectivity index (χ4n) is 3.84. The highest BCUT2D eigenvalue weighted by molar-refractivity contribution is 9.10. The van der Waals surface area contributed by atoms with Crippen LogP contribution in [0.4, 0.5) is 0 Å². The average Bonchev–Trinajstić information content (AvgIpc) is 3.19.